The standard InChI is InChI=1S/C17H19N3O/c1-2-18-16-14(7-5-10-19-16)12-20-11-9-13-6-3-4-8-15(13)17(20)21/h3-8,10H,2,9,11-12H2,1H3,(H,18,19). The van der Waals surface area contributed by atoms with Crippen LogP contribution in [0.4, 0.5) is 5.82 Å². The summed E-state index contributed by atoms with van der Waals surface area (Å²) in [5, 5.41) is 3.25. The minimum atomic E-state index is 0.114. The van der Waals surface area contributed by atoms with Gasteiger partial charge < -0.3 is 10.2 Å². The Kier molecular flexibility index (Phi) is 3.86. The van der Waals surface area contributed by atoms with Gasteiger partial charge in [-0.2, -0.15) is 0 Å². The topological polar surface area (TPSA) is 45.2 Å². The van der Waals surface area contributed by atoms with Gasteiger partial charge >= 0.3 is 0 Å². The average Bonchev–Trinajstić information content (AvgIpc) is 2.52. The van der Waals surface area contributed by atoms with Crippen LogP contribution in [0.1, 0.15) is 28.4 Å². The summed E-state index contributed by atoms with van der Waals surface area (Å²) in [5.41, 5.74) is 3.04. The van der Waals surface area contributed by atoms with Crippen molar-refractivity contribution in [2.75, 3.05) is 18.4 Å². The first-order valence-electron chi connectivity index (χ1n) is 7.34. The molecule has 1 N–H and O–H groups in total. The van der Waals surface area contributed by atoms with E-state index in [0.29, 0.717) is 6.54 Å². The normalized spacial score (nSPS) is 14.0. The number of carbonyl (C=O) groups excluding carboxylic acids is 1. The van der Waals surface area contributed by atoms with E-state index in [4.69, 9.17) is 0 Å². The summed E-state index contributed by atoms with van der Waals surface area (Å²) >= 11 is 0. The molecule has 0 saturated heterocycles. The second-order valence-corrected chi connectivity index (χ2v) is 5.18. The van der Waals surface area contributed by atoms with Crippen molar-refractivity contribution in [3.8, 4) is 0 Å². The molecule has 1 aromatic carbocycles. The van der Waals surface area contributed by atoms with Crippen molar-refractivity contribution in [3.05, 3.63) is 59.3 Å². The van der Waals surface area contributed by atoms with Crippen LogP contribution in [-0.4, -0.2) is 28.9 Å². The third-order valence-electron chi connectivity index (χ3n) is 3.78. The average molecular weight is 281 g/mol. The van der Waals surface area contributed by atoms with E-state index in [0.717, 1.165) is 42.0 Å². The number of pyridine rings is 1. The molecule has 0 atom stereocenters. The number of anilines is 1. The molecule has 1 aliphatic heterocycles. The van der Waals surface area contributed by atoms with Gasteiger partial charge in [-0.1, -0.05) is 24.3 Å². The first kappa shape index (κ1) is 13.6. The zero-order valence-electron chi connectivity index (χ0n) is 12.2. The Bertz CT molecular complexity index is 654. The van der Waals surface area contributed by atoms with E-state index in [1.807, 2.05) is 48.2 Å². The number of fused-ring (bicyclic) bond motifs is 1. The fourth-order valence-corrected chi connectivity index (χ4v) is 2.72. The predicted octanol–water partition coefficient (Wildman–Crippen LogP) is 2.71. The van der Waals surface area contributed by atoms with Crippen molar-refractivity contribution < 1.29 is 4.79 Å². The molecule has 2 heterocycles. The van der Waals surface area contributed by atoms with Crippen LogP contribution in [0.2, 0.25) is 0 Å². The molecule has 2 aromatic rings. The first-order chi connectivity index (χ1) is 10.3. The van der Waals surface area contributed by atoms with E-state index in [2.05, 4.69) is 10.3 Å². The first-order valence-corrected chi connectivity index (χ1v) is 7.34. The Morgan fingerprint density at radius 1 is 1.24 bits per heavy atom. The van der Waals surface area contributed by atoms with Gasteiger partial charge in [-0.25, -0.2) is 4.98 Å². The van der Waals surface area contributed by atoms with Gasteiger partial charge in [0.2, 0.25) is 0 Å². The summed E-state index contributed by atoms with van der Waals surface area (Å²) in [6, 6.07) is 11.8. The van der Waals surface area contributed by atoms with E-state index in [9.17, 15) is 4.79 Å². The minimum absolute atomic E-state index is 0.114. The Morgan fingerprint density at radius 3 is 2.95 bits per heavy atom. The summed E-state index contributed by atoms with van der Waals surface area (Å²) in [5.74, 6) is 0.981. The smallest absolute Gasteiger partial charge is 0.254 e. The number of benzene rings is 1. The molecular formula is C17H19N3O. The van der Waals surface area contributed by atoms with Crippen molar-refractivity contribution in [1.29, 1.82) is 0 Å². The van der Waals surface area contributed by atoms with Crippen LogP contribution in [-0.2, 0) is 13.0 Å². The van der Waals surface area contributed by atoms with E-state index < -0.39 is 0 Å². The Balaban J connectivity index is 1.82. The number of rotatable bonds is 4. The highest BCUT2D eigenvalue weighted by atomic mass is 16.2. The Hall–Kier alpha value is -2.36. The number of hydrogen-bond donors (Lipinski definition) is 1. The quantitative estimate of drug-likeness (QED) is 0.937. The third-order valence-corrected chi connectivity index (χ3v) is 3.78. The van der Waals surface area contributed by atoms with Gasteiger partial charge in [-0.3, -0.25) is 4.79 Å². The van der Waals surface area contributed by atoms with Gasteiger partial charge in [0, 0.05) is 37.0 Å². The van der Waals surface area contributed by atoms with Gasteiger partial charge in [0.25, 0.3) is 5.91 Å². The fraction of sp³-hybridized carbons (Fsp3) is 0.294. The number of nitrogens with zero attached hydrogens (tertiary/aromatic N) is 2. The van der Waals surface area contributed by atoms with Crippen LogP contribution in [0.15, 0.2) is 42.6 Å². The fourth-order valence-electron chi connectivity index (χ4n) is 2.72. The van der Waals surface area contributed by atoms with Gasteiger partial charge in [-0.05, 0) is 31.0 Å². The molecule has 21 heavy (non-hydrogen) atoms. The van der Waals surface area contributed by atoms with Gasteiger partial charge in [0.05, 0.1) is 0 Å². The molecule has 108 valence electrons. The van der Waals surface area contributed by atoms with Crippen LogP contribution in [0.5, 0.6) is 0 Å². The highest BCUT2D eigenvalue weighted by Crippen LogP contribution is 2.22. The number of carbonyl (C=O) groups is 1. The lowest BCUT2D eigenvalue weighted by Gasteiger charge is -2.29. The summed E-state index contributed by atoms with van der Waals surface area (Å²) in [6.45, 7) is 4.22. The molecule has 0 spiro atoms. The predicted molar refractivity (Wildman–Crippen MR) is 83.3 cm³/mol. The van der Waals surface area contributed by atoms with Crippen molar-refractivity contribution in [2.45, 2.75) is 19.9 Å². The SMILES string of the molecule is CCNc1ncccc1CN1CCc2ccccc2C1=O. The largest absolute Gasteiger partial charge is 0.370 e. The molecule has 0 aliphatic carbocycles. The molecule has 4 nitrogen and oxygen atoms in total. The van der Waals surface area contributed by atoms with Crippen molar-refractivity contribution in [3.63, 3.8) is 0 Å². The Labute approximate surface area is 124 Å². The number of nitrogens with one attached hydrogen (secondary N) is 1. The third kappa shape index (κ3) is 2.75. The molecule has 1 amide bonds. The second-order valence-electron chi connectivity index (χ2n) is 5.18. The van der Waals surface area contributed by atoms with Gasteiger partial charge in [0.15, 0.2) is 0 Å². The maximum Gasteiger partial charge on any atom is 0.254 e. The van der Waals surface area contributed by atoms with E-state index in [1.165, 1.54) is 0 Å². The zero-order valence-corrected chi connectivity index (χ0v) is 12.2. The highest BCUT2D eigenvalue weighted by Gasteiger charge is 2.24. The van der Waals surface area contributed by atoms with E-state index in [1.54, 1.807) is 6.20 Å². The minimum Gasteiger partial charge on any atom is -0.370 e. The van der Waals surface area contributed by atoms with Crippen molar-refractivity contribution >= 4 is 11.7 Å². The van der Waals surface area contributed by atoms with Crippen LogP contribution >= 0.6 is 0 Å². The van der Waals surface area contributed by atoms with Gasteiger partial charge in [0.1, 0.15) is 5.82 Å². The van der Waals surface area contributed by atoms with Crippen molar-refractivity contribution in [2.24, 2.45) is 0 Å². The molecule has 1 aliphatic rings. The number of hydrogen-bond acceptors (Lipinski definition) is 3. The summed E-state index contributed by atoms with van der Waals surface area (Å²) in [4.78, 5) is 18.8. The van der Waals surface area contributed by atoms with Crippen LogP contribution in [0.3, 0.4) is 0 Å². The molecule has 0 fully saturated rings. The second kappa shape index (κ2) is 5.95. The molecule has 0 bridgehead atoms. The highest BCUT2D eigenvalue weighted by molar-refractivity contribution is 5.96. The molecule has 0 radical (unpaired) electrons. The number of aromatic nitrogens is 1. The molecule has 4 heteroatoms. The van der Waals surface area contributed by atoms with Crippen LogP contribution in [0, 0.1) is 0 Å². The van der Waals surface area contributed by atoms with Crippen LogP contribution < -0.4 is 5.32 Å². The number of amides is 1. The Morgan fingerprint density at radius 2 is 2.10 bits per heavy atom. The lowest BCUT2D eigenvalue weighted by Crippen LogP contribution is -2.37. The molecule has 0 saturated carbocycles. The monoisotopic (exact) mass is 281 g/mol. The summed E-state index contributed by atoms with van der Waals surface area (Å²) in [7, 11) is 0. The summed E-state index contributed by atoms with van der Waals surface area (Å²) < 4.78 is 0. The molecule has 0 unspecified atom stereocenters. The lowest BCUT2D eigenvalue weighted by molar-refractivity contribution is 0.0727. The van der Waals surface area contributed by atoms with Gasteiger partial charge in [-0.15, -0.1) is 0 Å². The molecular weight excluding hydrogens is 262 g/mol. The maximum absolute atomic E-state index is 12.6. The summed E-state index contributed by atoms with van der Waals surface area (Å²) in [6.07, 6.45) is 2.69. The van der Waals surface area contributed by atoms with E-state index >= 15 is 0 Å². The van der Waals surface area contributed by atoms with Crippen molar-refractivity contribution in [1.82, 2.24) is 9.88 Å². The molecule has 1 aromatic heterocycles. The lowest BCUT2D eigenvalue weighted by atomic mass is 9.99. The van der Waals surface area contributed by atoms with Crippen LogP contribution in [0.25, 0.3) is 0 Å². The van der Waals surface area contributed by atoms with E-state index in [-0.39, 0.29) is 5.91 Å². The molecule has 3 rings (SSSR count). The maximum atomic E-state index is 12.6. The zero-order chi connectivity index (χ0) is 14.7.